The summed E-state index contributed by atoms with van der Waals surface area (Å²) in [5, 5.41) is 29.5. The van der Waals surface area contributed by atoms with Crippen LogP contribution in [0.5, 0.6) is 17.4 Å². The maximum absolute atomic E-state index is 13.5. The average Bonchev–Trinajstić information content (AvgIpc) is 2.86. The molecule has 2 aromatic carbocycles. The molecule has 0 aliphatic carbocycles. The highest BCUT2D eigenvalue weighted by atomic mass is 32.1. The van der Waals surface area contributed by atoms with Gasteiger partial charge in [0.1, 0.15) is 5.82 Å². The van der Waals surface area contributed by atoms with Crippen molar-refractivity contribution in [3.63, 3.8) is 0 Å². The van der Waals surface area contributed by atoms with E-state index in [9.17, 15) is 19.7 Å². The molecule has 7 heteroatoms. The van der Waals surface area contributed by atoms with E-state index in [-0.39, 0.29) is 17.4 Å². The van der Waals surface area contributed by atoms with Gasteiger partial charge in [-0.15, -0.1) is 11.3 Å². The molecule has 4 nitrogen and oxygen atoms in total. The summed E-state index contributed by atoms with van der Waals surface area (Å²) in [5.74, 6) is -0.955. The third-order valence-corrected chi connectivity index (χ3v) is 5.10. The van der Waals surface area contributed by atoms with Crippen molar-refractivity contribution in [1.82, 2.24) is 4.57 Å². The van der Waals surface area contributed by atoms with Gasteiger partial charge in [-0.25, -0.2) is 4.39 Å². The third kappa shape index (κ3) is 3.42. The fraction of sp³-hybridized carbons (Fsp3) is 0.0556. The molecule has 25 heavy (non-hydrogen) atoms. The number of allylic oxidation sites excluding steroid dienone is 1. The Morgan fingerprint density at radius 3 is 2.56 bits per heavy atom. The molecule has 0 aliphatic rings. The molecule has 0 radical (unpaired) electrons. The van der Waals surface area contributed by atoms with Gasteiger partial charge in [-0.3, -0.25) is 4.57 Å². The average molecular weight is 375 g/mol. The number of rotatable bonds is 4. The van der Waals surface area contributed by atoms with Gasteiger partial charge in [0, 0.05) is 0 Å². The predicted octanol–water partition coefficient (Wildman–Crippen LogP) is 4.78. The number of hydrogen-bond donors (Lipinski definition) is 3. The van der Waals surface area contributed by atoms with E-state index in [2.05, 4.69) is 6.58 Å². The van der Waals surface area contributed by atoms with Crippen molar-refractivity contribution in [2.45, 2.75) is 6.42 Å². The second kappa shape index (κ2) is 6.70. The largest absolute Gasteiger partial charge is 0.504 e. The lowest BCUT2D eigenvalue weighted by Crippen LogP contribution is -1.95. The summed E-state index contributed by atoms with van der Waals surface area (Å²) < 4.78 is 15.2. The van der Waals surface area contributed by atoms with Crippen LogP contribution in [0.25, 0.3) is 11.3 Å². The zero-order valence-electron chi connectivity index (χ0n) is 12.9. The first-order valence-corrected chi connectivity index (χ1v) is 8.49. The molecule has 128 valence electrons. The summed E-state index contributed by atoms with van der Waals surface area (Å²) in [5.41, 5.74) is 1.74. The maximum Gasteiger partial charge on any atom is 0.215 e. The fourth-order valence-corrected chi connectivity index (χ4v) is 3.74. The number of aromatic hydroxyl groups is 3. The summed E-state index contributed by atoms with van der Waals surface area (Å²) in [4.78, 5) is 0.488. The maximum atomic E-state index is 13.5. The molecule has 1 aromatic heterocycles. The van der Waals surface area contributed by atoms with Crippen LogP contribution in [0, 0.1) is 9.77 Å². The normalized spacial score (nSPS) is 10.8. The van der Waals surface area contributed by atoms with Gasteiger partial charge in [0.25, 0.3) is 0 Å². The Morgan fingerprint density at radius 2 is 1.88 bits per heavy atom. The number of aromatic nitrogens is 1. The van der Waals surface area contributed by atoms with Crippen molar-refractivity contribution >= 4 is 29.1 Å². The lowest BCUT2D eigenvalue weighted by molar-refractivity contribution is 0.403. The third-order valence-electron chi connectivity index (χ3n) is 3.63. The summed E-state index contributed by atoms with van der Waals surface area (Å²) >= 11 is 6.46. The van der Waals surface area contributed by atoms with Gasteiger partial charge < -0.3 is 15.3 Å². The summed E-state index contributed by atoms with van der Waals surface area (Å²) in [7, 11) is 0. The van der Waals surface area contributed by atoms with Gasteiger partial charge in [-0.05, 0) is 60.1 Å². The number of hydrogen-bond acceptors (Lipinski definition) is 5. The van der Waals surface area contributed by atoms with Crippen molar-refractivity contribution in [2.24, 2.45) is 0 Å². The number of phenols is 2. The lowest BCUT2D eigenvalue weighted by atomic mass is 10.0. The Kier molecular flexibility index (Phi) is 4.61. The highest BCUT2D eigenvalue weighted by Crippen LogP contribution is 2.36. The van der Waals surface area contributed by atoms with Crippen LogP contribution in [-0.4, -0.2) is 19.9 Å². The van der Waals surface area contributed by atoms with Crippen LogP contribution in [0.2, 0.25) is 0 Å². The van der Waals surface area contributed by atoms with Gasteiger partial charge >= 0.3 is 0 Å². The Labute approximate surface area is 152 Å². The standard InChI is InChI=1S/C18H14FNO3S2/c1-10(7-11-5-6-14(21)15(22)8-11)16-17(23)20(18(24)25-16)13-4-2-3-12(19)9-13/h2-6,8-9,21-23H,1,7H2. The smallest absolute Gasteiger partial charge is 0.215 e. The van der Waals surface area contributed by atoms with Crippen LogP contribution in [0.15, 0.2) is 49.0 Å². The second-order valence-corrected chi connectivity index (χ2v) is 7.08. The van der Waals surface area contributed by atoms with E-state index in [0.717, 1.165) is 5.56 Å². The molecular formula is C18H14FNO3S2. The molecular weight excluding hydrogens is 361 g/mol. The number of thiazole rings is 1. The second-order valence-electron chi connectivity index (χ2n) is 5.44. The van der Waals surface area contributed by atoms with Crippen LogP contribution in [0.3, 0.4) is 0 Å². The fourth-order valence-electron chi connectivity index (χ4n) is 2.45. The molecule has 0 aliphatic heterocycles. The van der Waals surface area contributed by atoms with Gasteiger partial charge in [0.05, 0.1) is 10.6 Å². The molecule has 0 atom stereocenters. The quantitative estimate of drug-likeness (QED) is 0.454. The van der Waals surface area contributed by atoms with Crippen LogP contribution in [-0.2, 0) is 6.42 Å². The highest BCUT2D eigenvalue weighted by Gasteiger charge is 2.17. The number of nitrogens with zero attached hydrogens (tertiary/aromatic N) is 1. The molecule has 0 bridgehead atoms. The number of halogens is 1. The Hall–Kier alpha value is -2.64. The van der Waals surface area contributed by atoms with Gasteiger partial charge in [0.15, 0.2) is 15.5 Å². The first-order valence-electron chi connectivity index (χ1n) is 7.26. The van der Waals surface area contributed by atoms with E-state index in [4.69, 9.17) is 12.2 Å². The molecule has 3 N–H and O–H groups in total. The van der Waals surface area contributed by atoms with Crippen molar-refractivity contribution in [2.75, 3.05) is 0 Å². The molecule has 0 fully saturated rings. The van der Waals surface area contributed by atoms with Crippen molar-refractivity contribution in [3.8, 4) is 23.1 Å². The monoisotopic (exact) mass is 375 g/mol. The predicted molar refractivity (Wildman–Crippen MR) is 98.6 cm³/mol. The molecule has 0 spiro atoms. The van der Waals surface area contributed by atoms with Crippen LogP contribution >= 0.6 is 23.6 Å². The summed E-state index contributed by atoms with van der Waals surface area (Å²) in [6.07, 6.45) is 0.347. The summed E-state index contributed by atoms with van der Waals surface area (Å²) in [6, 6.07) is 10.3. The zero-order valence-corrected chi connectivity index (χ0v) is 14.6. The topological polar surface area (TPSA) is 65.6 Å². The van der Waals surface area contributed by atoms with Crippen LogP contribution in [0.4, 0.5) is 4.39 Å². The van der Waals surface area contributed by atoms with E-state index in [0.29, 0.717) is 26.5 Å². The minimum absolute atomic E-state index is 0.103. The Morgan fingerprint density at radius 1 is 1.12 bits per heavy atom. The first-order chi connectivity index (χ1) is 11.9. The number of benzene rings is 2. The molecule has 0 unspecified atom stereocenters. The van der Waals surface area contributed by atoms with E-state index >= 15 is 0 Å². The van der Waals surface area contributed by atoms with Crippen LogP contribution < -0.4 is 0 Å². The van der Waals surface area contributed by atoms with Crippen molar-refractivity contribution in [3.05, 3.63) is 69.3 Å². The Balaban J connectivity index is 1.95. The first kappa shape index (κ1) is 17.2. The van der Waals surface area contributed by atoms with Gasteiger partial charge in [-0.2, -0.15) is 0 Å². The summed E-state index contributed by atoms with van der Waals surface area (Å²) in [6.45, 7) is 3.97. The highest BCUT2D eigenvalue weighted by molar-refractivity contribution is 7.73. The molecule has 0 saturated heterocycles. The van der Waals surface area contributed by atoms with Gasteiger partial charge in [0.2, 0.25) is 5.88 Å². The lowest BCUT2D eigenvalue weighted by Gasteiger charge is -2.08. The van der Waals surface area contributed by atoms with E-state index < -0.39 is 5.82 Å². The molecule has 1 heterocycles. The Bertz CT molecular complexity index is 1020. The van der Waals surface area contributed by atoms with Crippen molar-refractivity contribution in [1.29, 1.82) is 0 Å². The van der Waals surface area contributed by atoms with E-state index in [1.807, 2.05) is 0 Å². The molecule has 3 rings (SSSR count). The number of phenolic OH excluding ortho intramolecular Hbond substituents is 2. The minimum Gasteiger partial charge on any atom is -0.504 e. The molecule has 0 saturated carbocycles. The zero-order chi connectivity index (χ0) is 18.1. The van der Waals surface area contributed by atoms with E-state index in [1.165, 1.54) is 46.2 Å². The van der Waals surface area contributed by atoms with Crippen molar-refractivity contribution < 1.29 is 19.7 Å². The molecule has 3 aromatic rings. The molecule has 0 amide bonds. The van der Waals surface area contributed by atoms with E-state index in [1.54, 1.807) is 12.1 Å². The van der Waals surface area contributed by atoms with Crippen LogP contribution in [0.1, 0.15) is 10.4 Å². The minimum atomic E-state index is -0.426. The SMILES string of the molecule is C=C(Cc1ccc(O)c(O)c1)c1sc(=S)n(-c2cccc(F)c2)c1O. The van der Waals surface area contributed by atoms with Gasteiger partial charge in [-0.1, -0.05) is 18.7 Å².